The quantitative estimate of drug-likeness (QED) is 0.272. The topological polar surface area (TPSA) is 46.5 Å². The van der Waals surface area contributed by atoms with Crippen molar-refractivity contribution in [3.63, 3.8) is 0 Å². The second kappa shape index (κ2) is 12.6. The number of unbranched alkanes of at least 4 members (excludes halogenated alkanes) is 8. The van der Waals surface area contributed by atoms with Crippen LogP contribution in [-0.4, -0.2) is 23.3 Å². The normalized spacial score (nSPS) is 22.1. The molecule has 0 radical (unpaired) electrons. The second-order valence-corrected chi connectivity index (χ2v) is 6.89. The zero-order valence-corrected chi connectivity index (χ0v) is 15.1. The summed E-state index contributed by atoms with van der Waals surface area (Å²) in [5.74, 6) is -0.146. The summed E-state index contributed by atoms with van der Waals surface area (Å²) >= 11 is 0. The summed E-state index contributed by atoms with van der Waals surface area (Å²) in [6, 6.07) is 0. The van der Waals surface area contributed by atoms with Gasteiger partial charge in [0.05, 0.1) is 12.0 Å². The van der Waals surface area contributed by atoms with Crippen molar-refractivity contribution in [2.24, 2.45) is 5.92 Å². The van der Waals surface area contributed by atoms with E-state index in [1.807, 2.05) is 19.1 Å². The minimum Gasteiger partial charge on any atom is -0.461 e. The van der Waals surface area contributed by atoms with E-state index >= 15 is 0 Å². The fourth-order valence-electron chi connectivity index (χ4n) is 3.22. The lowest BCUT2D eigenvalue weighted by Crippen LogP contribution is -2.46. The van der Waals surface area contributed by atoms with Gasteiger partial charge in [-0.15, -0.1) is 0 Å². The third-order valence-electron chi connectivity index (χ3n) is 4.79. The molecule has 0 aromatic rings. The molecule has 0 saturated carbocycles. The van der Waals surface area contributed by atoms with Gasteiger partial charge in [0.15, 0.2) is 0 Å². The summed E-state index contributed by atoms with van der Waals surface area (Å²) < 4.78 is 5.18. The molecule has 23 heavy (non-hydrogen) atoms. The van der Waals surface area contributed by atoms with Gasteiger partial charge in [-0.2, -0.15) is 0 Å². The first-order valence-electron chi connectivity index (χ1n) is 9.68. The molecule has 1 saturated heterocycles. The number of hydrogen-bond acceptors (Lipinski definition) is 3. The summed E-state index contributed by atoms with van der Waals surface area (Å²) in [6.07, 6.45) is 17.4. The van der Waals surface area contributed by atoms with E-state index in [0.717, 1.165) is 19.3 Å². The van der Waals surface area contributed by atoms with Gasteiger partial charge in [-0.05, 0) is 19.8 Å². The first-order valence-corrected chi connectivity index (χ1v) is 9.68. The van der Waals surface area contributed by atoms with Gasteiger partial charge in [0, 0.05) is 6.42 Å². The van der Waals surface area contributed by atoms with Crippen LogP contribution in [0.3, 0.4) is 0 Å². The third-order valence-corrected chi connectivity index (χ3v) is 4.79. The maximum atomic E-state index is 11.4. The van der Waals surface area contributed by atoms with Gasteiger partial charge in [-0.25, -0.2) is 0 Å². The van der Waals surface area contributed by atoms with E-state index in [1.54, 1.807) is 0 Å². The van der Waals surface area contributed by atoms with Crippen LogP contribution in [0.4, 0.5) is 0 Å². The van der Waals surface area contributed by atoms with Crippen molar-refractivity contribution in [1.82, 2.24) is 0 Å². The molecule has 0 aromatic carbocycles. The minimum atomic E-state index is -0.328. The van der Waals surface area contributed by atoms with Crippen molar-refractivity contribution in [3.8, 4) is 0 Å². The van der Waals surface area contributed by atoms with Crippen LogP contribution >= 0.6 is 0 Å². The van der Waals surface area contributed by atoms with Crippen molar-refractivity contribution in [2.75, 3.05) is 0 Å². The summed E-state index contributed by atoms with van der Waals surface area (Å²) in [5.41, 5.74) is 0. The Morgan fingerprint density at radius 1 is 1.09 bits per heavy atom. The number of allylic oxidation sites excluding steroid dienone is 2. The Hall–Kier alpha value is -0.830. The van der Waals surface area contributed by atoms with Crippen LogP contribution in [-0.2, 0) is 9.53 Å². The predicted molar refractivity (Wildman–Crippen MR) is 95.3 cm³/mol. The molecule has 1 N–H and O–H groups in total. The van der Waals surface area contributed by atoms with Crippen LogP contribution in [0.25, 0.3) is 0 Å². The zero-order chi connectivity index (χ0) is 16.9. The minimum absolute atomic E-state index is 0.0380. The van der Waals surface area contributed by atoms with Gasteiger partial charge in [0.2, 0.25) is 0 Å². The number of cyclic esters (lactones) is 1. The van der Waals surface area contributed by atoms with Gasteiger partial charge in [0.25, 0.3) is 0 Å². The van der Waals surface area contributed by atoms with Crippen molar-refractivity contribution < 1.29 is 14.6 Å². The van der Waals surface area contributed by atoms with Crippen LogP contribution in [0.15, 0.2) is 12.2 Å². The maximum Gasteiger partial charge on any atom is 0.313 e. The molecule has 1 aliphatic rings. The molecule has 134 valence electrons. The van der Waals surface area contributed by atoms with Crippen LogP contribution in [0.1, 0.15) is 90.9 Å². The average molecular weight is 325 g/mol. The average Bonchev–Trinajstić information content (AvgIpc) is 2.53. The van der Waals surface area contributed by atoms with E-state index in [-0.39, 0.29) is 24.1 Å². The summed E-state index contributed by atoms with van der Waals surface area (Å²) in [7, 11) is 0. The molecule has 3 nitrogen and oxygen atoms in total. The standard InChI is InChI=1S/C20H36O3/c1-3-5-7-8-9-10-11-12-13-14-17(21)16-19-18(15-6-4-2)20(22)23-19/h4,6,17-19,21H,3,5,7-16H2,1-2H3/t17?,18-,19-/m0/s1. The molecule has 0 aliphatic carbocycles. The van der Waals surface area contributed by atoms with Gasteiger partial charge in [-0.3, -0.25) is 4.79 Å². The van der Waals surface area contributed by atoms with Crippen molar-refractivity contribution >= 4 is 5.97 Å². The predicted octanol–water partition coefficient (Wildman–Crippen LogP) is 5.17. The molecule has 1 heterocycles. The Bertz CT molecular complexity index is 338. The van der Waals surface area contributed by atoms with Gasteiger partial charge in [-0.1, -0.05) is 76.9 Å². The lowest BCUT2D eigenvalue weighted by molar-refractivity contribution is -0.187. The van der Waals surface area contributed by atoms with Crippen LogP contribution < -0.4 is 0 Å². The van der Waals surface area contributed by atoms with Gasteiger partial charge >= 0.3 is 5.97 Å². The Kier molecular flexibility index (Phi) is 11.1. The van der Waals surface area contributed by atoms with Crippen LogP contribution in [0.2, 0.25) is 0 Å². The number of aliphatic hydroxyl groups is 1. The lowest BCUT2D eigenvalue weighted by Gasteiger charge is -2.35. The van der Waals surface area contributed by atoms with Crippen LogP contribution in [0.5, 0.6) is 0 Å². The van der Waals surface area contributed by atoms with Crippen molar-refractivity contribution in [3.05, 3.63) is 12.2 Å². The fourth-order valence-corrected chi connectivity index (χ4v) is 3.22. The number of carbonyl (C=O) groups excluding carboxylic acids is 1. The second-order valence-electron chi connectivity index (χ2n) is 6.89. The molecule has 0 spiro atoms. The Labute approximate surface area is 142 Å². The first-order chi connectivity index (χ1) is 11.2. The lowest BCUT2D eigenvalue weighted by atomic mass is 9.88. The highest BCUT2D eigenvalue weighted by molar-refractivity contribution is 5.78. The van der Waals surface area contributed by atoms with E-state index in [9.17, 15) is 9.90 Å². The van der Waals surface area contributed by atoms with E-state index in [1.165, 1.54) is 51.4 Å². The van der Waals surface area contributed by atoms with E-state index in [0.29, 0.717) is 6.42 Å². The van der Waals surface area contributed by atoms with Gasteiger partial charge < -0.3 is 9.84 Å². The molecular formula is C20H36O3. The number of esters is 1. The molecule has 3 atom stereocenters. The molecule has 0 amide bonds. The van der Waals surface area contributed by atoms with E-state index in [4.69, 9.17) is 4.74 Å². The van der Waals surface area contributed by atoms with Gasteiger partial charge in [0.1, 0.15) is 6.10 Å². The molecule has 1 rings (SSSR count). The van der Waals surface area contributed by atoms with E-state index < -0.39 is 0 Å². The number of aliphatic hydroxyl groups excluding tert-OH is 1. The molecule has 3 heteroatoms. The number of hydrogen-bond donors (Lipinski definition) is 1. The zero-order valence-electron chi connectivity index (χ0n) is 15.1. The monoisotopic (exact) mass is 324 g/mol. The summed E-state index contributed by atoms with van der Waals surface area (Å²) in [5, 5.41) is 10.1. The van der Waals surface area contributed by atoms with E-state index in [2.05, 4.69) is 6.92 Å². The molecule has 1 fully saturated rings. The smallest absolute Gasteiger partial charge is 0.313 e. The Balaban J connectivity index is 1.98. The highest BCUT2D eigenvalue weighted by Crippen LogP contribution is 2.30. The Morgan fingerprint density at radius 3 is 2.26 bits per heavy atom. The molecule has 1 aliphatic heterocycles. The van der Waals surface area contributed by atoms with Crippen LogP contribution in [0, 0.1) is 5.92 Å². The molecule has 1 unspecified atom stereocenters. The highest BCUT2D eigenvalue weighted by atomic mass is 16.6. The number of rotatable bonds is 14. The fraction of sp³-hybridized carbons (Fsp3) is 0.850. The molecular weight excluding hydrogens is 288 g/mol. The first kappa shape index (κ1) is 20.2. The largest absolute Gasteiger partial charge is 0.461 e. The number of carbonyl (C=O) groups is 1. The third kappa shape index (κ3) is 8.55. The summed E-state index contributed by atoms with van der Waals surface area (Å²) in [6.45, 7) is 4.20. The van der Waals surface area contributed by atoms with Crippen molar-refractivity contribution in [1.29, 1.82) is 0 Å². The summed E-state index contributed by atoms with van der Waals surface area (Å²) in [4.78, 5) is 11.4. The molecule has 0 aromatic heterocycles. The Morgan fingerprint density at radius 2 is 1.70 bits per heavy atom. The SMILES string of the molecule is CC=CC[C@@H]1C(=O)O[C@H]1CC(O)CCCCCCCCCCC. The maximum absolute atomic E-state index is 11.4. The van der Waals surface area contributed by atoms with Crippen molar-refractivity contribution in [2.45, 2.75) is 103 Å². The highest BCUT2D eigenvalue weighted by Gasteiger charge is 2.41. The number of ether oxygens (including phenoxy) is 1. The molecule has 0 bridgehead atoms.